The topological polar surface area (TPSA) is 76.5 Å². The van der Waals surface area contributed by atoms with Crippen LogP contribution in [0.15, 0.2) is 34.1 Å². The van der Waals surface area contributed by atoms with Gasteiger partial charge in [0.25, 0.3) is 0 Å². The highest BCUT2D eigenvalue weighted by atomic mass is 35.5. The number of nitrogens with zero attached hydrogens (tertiary/aromatic N) is 3. The highest BCUT2D eigenvalue weighted by molar-refractivity contribution is 7.99. The molecule has 1 saturated heterocycles. The molecule has 1 N–H and O–H groups in total. The van der Waals surface area contributed by atoms with Crippen LogP contribution in [0.25, 0.3) is 0 Å². The van der Waals surface area contributed by atoms with E-state index in [0.29, 0.717) is 23.1 Å². The number of carbonyl (C=O) groups excluding carboxylic acids is 1. The maximum Gasteiger partial charge on any atom is 0.348 e. The molecular weight excluding hydrogens is 448 g/mol. The zero-order chi connectivity index (χ0) is 22.3. The van der Waals surface area contributed by atoms with Gasteiger partial charge in [-0.1, -0.05) is 35.5 Å². The molecule has 1 aromatic carbocycles. The van der Waals surface area contributed by atoms with Crippen molar-refractivity contribution in [2.24, 2.45) is 0 Å². The first-order valence-electron chi connectivity index (χ1n) is 11.2. The average molecular weight is 477 g/mol. The molecular formula is C23H29ClN4O3S. The van der Waals surface area contributed by atoms with Crippen LogP contribution in [-0.2, 0) is 35.5 Å². The minimum atomic E-state index is -0.198. The third-order valence-corrected chi connectivity index (χ3v) is 7.17. The van der Waals surface area contributed by atoms with Crippen molar-refractivity contribution in [3.63, 3.8) is 0 Å². The zero-order valence-corrected chi connectivity index (χ0v) is 19.7. The van der Waals surface area contributed by atoms with E-state index in [9.17, 15) is 9.59 Å². The molecule has 7 nitrogen and oxygen atoms in total. The van der Waals surface area contributed by atoms with Crippen LogP contribution in [0, 0.1) is 0 Å². The van der Waals surface area contributed by atoms with Gasteiger partial charge in [0, 0.05) is 49.0 Å². The molecule has 1 aromatic heterocycles. The SMILES string of the molecule is O=C(CSc1nc(=O)n(CCCN2CCOCC2)c2c1CCC2)NCc1ccc(Cl)cc1. The Balaban J connectivity index is 1.32. The van der Waals surface area contributed by atoms with Gasteiger partial charge in [0.2, 0.25) is 5.91 Å². The number of fused-ring (bicyclic) bond motifs is 1. The van der Waals surface area contributed by atoms with Gasteiger partial charge < -0.3 is 10.1 Å². The van der Waals surface area contributed by atoms with Crippen molar-refractivity contribution in [1.82, 2.24) is 19.8 Å². The summed E-state index contributed by atoms with van der Waals surface area (Å²) in [4.78, 5) is 31.8. The molecule has 0 atom stereocenters. The first kappa shape index (κ1) is 23.3. The lowest BCUT2D eigenvalue weighted by atomic mass is 10.2. The first-order valence-corrected chi connectivity index (χ1v) is 12.5. The van der Waals surface area contributed by atoms with Crippen LogP contribution in [0.1, 0.15) is 29.7 Å². The number of rotatable bonds is 9. The Hall–Kier alpha value is -1.87. The number of morpholine rings is 1. The van der Waals surface area contributed by atoms with Crippen LogP contribution in [0.4, 0.5) is 0 Å². The van der Waals surface area contributed by atoms with Crippen LogP contribution < -0.4 is 11.0 Å². The van der Waals surface area contributed by atoms with Crippen molar-refractivity contribution in [3.8, 4) is 0 Å². The molecule has 1 amide bonds. The molecule has 172 valence electrons. The molecule has 0 saturated carbocycles. The van der Waals surface area contributed by atoms with Crippen LogP contribution in [0.3, 0.4) is 0 Å². The average Bonchev–Trinajstić information content (AvgIpc) is 3.29. The number of ether oxygens (including phenoxy) is 1. The minimum Gasteiger partial charge on any atom is -0.379 e. The summed E-state index contributed by atoms with van der Waals surface area (Å²) >= 11 is 7.26. The molecule has 0 spiro atoms. The smallest absolute Gasteiger partial charge is 0.348 e. The Bertz CT molecular complexity index is 990. The highest BCUT2D eigenvalue weighted by Gasteiger charge is 2.22. The van der Waals surface area contributed by atoms with E-state index < -0.39 is 0 Å². The standard InChI is InChI=1S/C23H29ClN4O3S/c24-18-7-5-17(6-8-18)15-25-21(29)16-32-22-19-3-1-4-20(19)28(23(30)26-22)10-2-9-27-11-13-31-14-12-27/h5-8H,1-4,9-16H2,(H,25,29). The molecule has 0 unspecified atom stereocenters. The molecule has 2 heterocycles. The second kappa shape index (κ2) is 11.3. The van der Waals surface area contributed by atoms with Crippen molar-refractivity contribution in [2.75, 3.05) is 38.6 Å². The van der Waals surface area contributed by atoms with Crippen LogP contribution in [0.2, 0.25) is 5.02 Å². The molecule has 4 rings (SSSR count). The van der Waals surface area contributed by atoms with E-state index in [1.54, 1.807) is 12.1 Å². The zero-order valence-electron chi connectivity index (χ0n) is 18.1. The lowest BCUT2D eigenvalue weighted by Crippen LogP contribution is -2.37. The molecule has 32 heavy (non-hydrogen) atoms. The van der Waals surface area contributed by atoms with Gasteiger partial charge in [-0.05, 0) is 43.4 Å². The predicted molar refractivity (Wildman–Crippen MR) is 126 cm³/mol. The van der Waals surface area contributed by atoms with Crippen molar-refractivity contribution in [3.05, 3.63) is 56.6 Å². The monoisotopic (exact) mass is 476 g/mol. The Morgan fingerprint density at radius 3 is 2.72 bits per heavy atom. The third kappa shape index (κ3) is 6.13. The maximum absolute atomic E-state index is 12.8. The number of thioether (sulfide) groups is 1. The van der Waals surface area contributed by atoms with E-state index in [2.05, 4.69) is 15.2 Å². The largest absolute Gasteiger partial charge is 0.379 e. The number of halogens is 1. The molecule has 0 radical (unpaired) electrons. The van der Waals surface area contributed by atoms with Crippen molar-refractivity contribution in [2.45, 2.75) is 43.8 Å². The van der Waals surface area contributed by atoms with E-state index in [4.69, 9.17) is 16.3 Å². The van der Waals surface area contributed by atoms with E-state index in [1.165, 1.54) is 11.8 Å². The van der Waals surface area contributed by atoms with Crippen LogP contribution >= 0.6 is 23.4 Å². The van der Waals surface area contributed by atoms with Crippen molar-refractivity contribution < 1.29 is 9.53 Å². The minimum absolute atomic E-state index is 0.0758. The summed E-state index contributed by atoms with van der Waals surface area (Å²) in [7, 11) is 0. The Morgan fingerprint density at radius 1 is 1.16 bits per heavy atom. The number of hydrogen-bond acceptors (Lipinski definition) is 6. The lowest BCUT2D eigenvalue weighted by Gasteiger charge is -2.26. The fourth-order valence-corrected chi connectivity index (χ4v) is 5.23. The van der Waals surface area contributed by atoms with E-state index >= 15 is 0 Å². The number of benzene rings is 1. The highest BCUT2D eigenvalue weighted by Crippen LogP contribution is 2.29. The number of aromatic nitrogens is 2. The fourth-order valence-electron chi connectivity index (χ4n) is 4.20. The molecule has 1 aliphatic heterocycles. The van der Waals surface area contributed by atoms with Gasteiger partial charge in [0.05, 0.1) is 19.0 Å². The quantitative estimate of drug-likeness (QED) is 0.442. The maximum atomic E-state index is 12.8. The summed E-state index contributed by atoms with van der Waals surface area (Å²) in [5.41, 5.74) is 3.05. The fraction of sp³-hybridized carbons (Fsp3) is 0.522. The van der Waals surface area contributed by atoms with E-state index in [1.807, 2.05) is 16.7 Å². The number of nitrogens with one attached hydrogen (secondary N) is 1. The van der Waals surface area contributed by atoms with Gasteiger partial charge in [-0.25, -0.2) is 4.79 Å². The molecule has 9 heteroatoms. The van der Waals surface area contributed by atoms with Gasteiger partial charge in [0.15, 0.2) is 0 Å². The number of amides is 1. The van der Waals surface area contributed by atoms with Gasteiger partial charge >= 0.3 is 5.69 Å². The van der Waals surface area contributed by atoms with Gasteiger partial charge in [0.1, 0.15) is 5.03 Å². The normalized spacial score (nSPS) is 16.2. The molecule has 0 bridgehead atoms. The Morgan fingerprint density at radius 2 is 1.94 bits per heavy atom. The molecule has 1 aliphatic carbocycles. The van der Waals surface area contributed by atoms with Crippen molar-refractivity contribution >= 4 is 29.3 Å². The van der Waals surface area contributed by atoms with Crippen LogP contribution in [-0.4, -0.2) is 59.0 Å². The first-order chi connectivity index (χ1) is 15.6. The predicted octanol–water partition coefficient (Wildman–Crippen LogP) is 2.52. The summed E-state index contributed by atoms with van der Waals surface area (Å²) in [6, 6.07) is 7.40. The summed E-state index contributed by atoms with van der Waals surface area (Å²) in [6.07, 6.45) is 3.77. The number of hydrogen-bond donors (Lipinski definition) is 1. The summed E-state index contributed by atoms with van der Waals surface area (Å²) in [6.45, 7) is 5.60. The summed E-state index contributed by atoms with van der Waals surface area (Å²) < 4.78 is 7.25. The van der Waals surface area contributed by atoms with Crippen LogP contribution in [0.5, 0.6) is 0 Å². The molecule has 2 aromatic rings. The van der Waals surface area contributed by atoms with Gasteiger partial charge in [-0.2, -0.15) is 4.98 Å². The second-order valence-electron chi connectivity index (χ2n) is 8.13. The summed E-state index contributed by atoms with van der Waals surface area (Å²) in [5.74, 6) is 0.168. The number of carbonyl (C=O) groups is 1. The van der Waals surface area contributed by atoms with Gasteiger partial charge in [-0.3, -0.25) is 14.3 Å². The van der Waals surface area contributed by atoms with E-state index in [-0.39, 0.29) is 17.3 Å². The molecule has 1 fully saturated rings. The second-order valence-corrected chi connectivity index (χ2v) is 9.53. The summed E-state index contributed by atoms with van der Waals surface area (Å²) in [5, 5.41) is 4.30. The van der Waals surface area contributed by atoms with Crippen molar-refractivity contribution in [1.29, 1.82) is 0 Å². The lowest BCUT2D eigenvalue weighted by molar-refractivity contribution is -0.118. The molecule has 2 aliphatic rings. The third-order valence-electron chi connectivity index (χ3n) is 5.90. The Labute approximate surface area is 197 Å². The van der Waals surface area contributed by atoms with Gasteiger partial charge in [-0.15, -0.1) is 0 Å². The van der Waals surface area contributed by atoms with E-state index in [0.717, 1.165) is 75.4 Å². The Kier molecular flexibility index (Phi) is 8.24.